The maximum atomic E-state index is 3.58. The second kappa shape index (κ2) is 6.23. The zero-order valence-corrected chi connectivity index (χ0v) is 13.5. The summed E-state index contributed by atoms with van der Waals surface area (Å²) in [5.41, 5.74) is 6.55. The average molecular weight is 289 g/mol. The first kappa shape index (κ1) is 14.6. The lowest BCUT2D eigenvalue weighted by Gasteiger charge is -2.25. The van der Waals surface area contributed by atoms with Gasteiger partial charge in [0.15, 0.2) is 0 Å². The van der Waals surface area contributed by atoms with Crippen LogP contribution in [0, 0.1) is 0 Å². The number of dihydropyridines is 1. The normalized spacial score (nSPS) is 17.3. The van der Waals surface area contributed by atoms with Gasteiger partial charge in [-0.25, -0.2) is 0 Å². The van der Waals surface area contributed by atoms with Gasteiger partial charge in [0, 0.05) is 5.70 Å². The number of benzene rings is 2. The first-order chi connectivity index (χ1) is 10.6. The Balaban J connectivity index is 2.06. The molecule has 2 aromatic rings. The third-order valence-corrected chi connectivity index (χ3v) is 4.18. The van der Waals surface area contributed by atoms with Crippen LogP contribution in [0.5, 0.6) is 0 Å². The van der Waals surface area contributed by atoms with Crippen LogP contribution >= 0.6 is 0 Å². The van der Waals surface area contributed by atoms with E-state index in [0.717, 1.165) is 0 Å². The highest BCUT2D eigenvalue weighted by Gasteiger charge is 2.17. The van der Waals surface area contributed by atoms with Crippen molar-refractivity contribution < 1.29 is 0 Å². The lowest BCUT2D eigenvalue weighted by Crippen LogP contribution is -2.21. The molecule has 0 aromatic heterocycles. The summed E-state index contributed by atoms with van der Waals surface area (Å²) in [4.78, 5) is 0. The summed E-state index contributed by atoms with van der Waals surface area (Å²) in [6.07, 6.45) is 6.51. The zero-order chi connectivity index (χ0) is 15.5. The van der Waals surface area contributed by atoms with Crippen molar-refractivity contribution in [2.45, 2.75) is 32.7 Å². The molecule has 0 bridgehead atoms. The Bertz CT molecular complexity index is 708. The molecule has 0 saturated carbocycles. The molecular formula is C21H23N. The maximum absolute atomic E-state index is 3.58. The van der Waals surface area contributed by atoms with Gasteiger partial charge in [0.05, 0.1) is 6.04 Å². The first-order valence-electron chi connectivity index (χ1n) is 7.96. The minimum Gasteiger partial charge on any atom is -0.378 e. The second-order valence-electron chi connectivity index (χ2n) is 6.22. The Kier molecular flexibility index (Phi) is 4.15. The summed E-state index contributed by atoms with van der Waals surface area (Å²) < 4.78 is 0. The number of hydrogen-bond donors (Lipinski definition) is 1. The molecule has 1 N–H and O–H groups in total. The summed E-state index contributed by atoms with van der Waals surface area (Å²) in [5, 5.41) is 3.58. The lowest BCUT2D eigenvalue weighted by molar-refractivity contribution is 0.686. The Morgan fingerprint density at radius 3 is 2.41 bits per heavy atom. The van der Waals surface area contributed by atoms with E-state index < -0.39 is 0 Å². The van der Waals surface area contributed by atoms with E-state index in [2.05, 4.69) is 92.8 Å². The molecule has 0 fully saturated rings. The second-order valence-corrected chi connectivity index (χ2v) is 6.22. The van der Waals surface area contributed by atoms with Gasteiger partial charge in [-0.3, -0.25) is 0 Å². The first-order valence-corrected chi connectivity index (χ1v) is 7.96. The van der Waals surface area contributed by atoms with Gasteiger partial charge in [-0.15, -0.1) is 0 Å². The van der Waals surface area contributed by atoms with Crippen molar-refractivity contribution in [1.29, 1.82) is 0 Å². The summed E-state index contributed by atoms with van der Waals surface area (Å²) in [7, 11) is 0. The van der Waals surface area contributed by atoms with E-state index in [-0.39, 0.29) is 6.04 Å². The van der Waals surface area contributed by atoms with E-state index >= 15 is 0 Å². The number of nitrogens with one attached hydrogen (secondary N) is 1. The quantitative estimate of drug-likeness (QED) is 0.777. The van der Waals surface area contributed by atoms with E-state index in [9.17, 15) is 0 Å². The van der Waals surface area contributed by atoms with Crippen LogP contribution in [-0.4, -0.2) is 0 Å². The SMILES string of the molecule is CC1=CC=CC(c2cc(-c3ccccc3)ccc2C(C)C)N1. The number of rotatable bonds is 3. The molecule has 1 unspecified atom stereocenters. The molecule has 1 aliphatic rings. The van der Waals surface area contributed by atoms with Crippen LogP contribution in [0.3, 0.4) is 0 Å². The standard InChI is InChI=1S/C21H23N/c1-15(2)19-13-12-18(17-9-5-4-6-10-17)14-20(19)21-11-7-8-16(3)22-21/h4-15,21-22H,1-3H3. The van der Waals surface area contributed by atoms with Crippen molar-refractivity contribution >= 4 is 0 Å². The van der Waals surface area contributed by atoms with Crippen molar-refractivity contribution in [3.8, 4) is 11.1 Å². The lowest BCUT2D eigenvalue weighted by atomic mass is 9.88. The molecule has 0 saturated heterocycles. The van der Waals surface area contributed by atoms with E-state index in [4.69, 9.17) is 0 Å². The summed E-state index contributed by atoms with van der Waals surface area (Å²) in [6, 6.07) is 17.7. The van der Waals surface area contributed by atoms with Gasteiger partial charge in [-0.2, -0.15) is 0 Å². The predicted octanol–water partition coefficient (Wildman–Crippen LogP) is 5.58. The highest BCUT2D eigenvalue weighted by atomic mass is 14.9. The van der Waals surface area contributed by atoms with Crippen molar-refractivity contribution in [2.24, 2.45) is 0 Å². The number of hydrogen-bond acceptors (Lipinski definition) is 1. The van der Waals surface area contributed by atoms with Crippen LogP contribution < -0.4 is 5.32 Å². The molecule has 1 aliphatic heterocycles. The fraction of sp³-hybridized carbons (Fsp3) is 0.238. The largest absolute Gasteiger partial charge is 0.378 e. The molecule has 2 aromatic carbocycles. The summed E-state index contributed by atoms with van der Waals surface area (Å²) in [5.74, 6) is 0.515. The van der Waals surface area contributed by atoms with Crippen molar-refractivity contribution in [3.05, 3.63) is 83.6 Å². The molecule has 0 spiro atoms. The molecular weight excluding hydrogens is 266 g/mol. The van der Waals surface area contributed by atoms with Gasteiger partial charge in [0.2, 0.25) is 0 Å². The molecule has 22 heavy (non-hydrogen) atoms. The third-order valence-electron chi connectivity index (χ3n) is 4.18. The summed E-state index contributed by atoms with van der Waals surface area (Å²) in [6.45, 7) is 6.64. The average Bonchev–Trinajstić information content (AvgIpc) is 2.55. The van der Waals surface area contributed by atoms with Gasteiger partial charge in [0.1, 0.15) is 0 Å². The van der Waals surface area contributed by atoms with E-state index in [1.807, 2.05) is 0 Å². The van der Waals surface area contributed by atoms with Crippen LogP contribution in [0.15, 0.2) is 72.5 Å². The van der Waals surface area contributed by atoms with E-state index in [1.165, 1.54) is 28.0 Å². The smallest absolute Gasteiger partial charge is 0.0700 e. The molecule has 1 nitrogen and oxygen atoms in total. The molecule has 0 amide bonds. The predicted molar refractivity (Wildman–Crippen MR) is 94.7 cm³/mol. The zero-order valence-electron chi connectivity index (χ0n) is 13.5. The highest BCUT2D eigenvalue weighted by Crippen LogP contribution is 2.32. The Hall–Kier alpha value is -2.28. The molecule has 1 heteroatoms. The topological polar surface area (TPSA) is 12.0 Å². The van der Waals surface area contributed by atoms with Crippen LogP contribution in [0.25, 0.3) is 11.1 Å². The molecule has 1 heterocycles. The third kappa shape index (κ3) is 2.99. The van der Waals surface area contributed by atoms with Gasteiger partial charge in [0.25, 0.3) is 0 Å². The summed E-state index contributed by atoms with van der Waals surface area (Å²) >= 11 is 0. The van der Waals surface area contributed by atoms with Crippen LogP contribution in [0.4, 0.5) is 0 Å². The monoisotopic (exact) mass is 289 g/mol. The van der Waals surface area contributed by atoms with Crippen LogP contribution in [-0.2, 0) is 0 Å². The van der Waals surface area contributed by atoms with Crippen molar-refractivity contribution in [3.63, 3.8) is 0 Å². The van der Waals surface area contributed by atoms with Gasteiger partial charge < -0.3 is 5.32 Å². The van der Waals surface area contributed by atoms with E-state index in [1.54, 1.807) is 0 Å². The van der Waals surface area contributed by atoms with Gasteiger partial charge in [-0.1, -0.05) is 68.5 Å². The maximum Gasteiger partial charge on any atom is 0.0700 e. The minimum absolute atomic E-state index is 0.256. The molecule has 0 radical (unpaired) electrons. The highest BCUT2D eigenvalue weighted by molar-refractivity contribution is 5.65. The Morgan fingerprint density at radius 2 is 1.73 bits per heavy atom. The fourth-order valence-electron chi connectivity index (χ4n) is 3.01. The van der Waals surface area contributed by atoms with Gasteiger partial charge in [-0.05, 0) is 47.2 Å². The Labute approximate surface area is 133 Å². The minimum atomic E-state index is 0.256. The van der Waals surface area contributed by atoms with Crippen molar-refractivity contribution in [1.82, 2.24) is 5.32 Å². The van der Waals surface area contributed by atoms with Crippen LogP contribution in [0.1, 0.15) is 43.9 Å². The van der Waals surface area contributed by atoms with Crippen LogP contribution in [0.2, 0.25) is 0 Å². The Morgan fingerprint density at radius 1 is 0.955 bits per heavy atom. The molecule has 1 atom stereocenters. The van der Waals surface area contributed by atoms with Crippen molar-refractivity contribution in [2.75, 3.05) is 0 Å². The number of allylic oxidation sites excluding steroid dienone is 3. The fourth-order valence-corrected chi connectivity index (χ4v) is 3.01. The van der Waals surface area contributed by atoms with E-state index in [0.29, 0.717) is 5.92 Å². The molecule has 0 aliphatic carbocycles. The van der Waals surface area contributed by atoms with Gasteiger partial charge >= 0.3 is 0 Å². The molecule has 3 rings (SSSR count). The molecule has 112 valence electrons.